The number of hydrogen-bond acceptors (Lipinski definition) is 6. The maximum atomic E-state index is 11.5. The Hall–Kier alpha value is -0.240. The van der Waals surface area contributed by atoms with Crippen molar-refractivity contribution in [3.63, 3.8) is 0 Å². The predicted octanol–water partition coefficient (Wildman–Crippen LogP) is 1.59. The maximum absolute atomic E-state index is 11.5. The van der Waals surface area contributed by atoms with Crippen LogP contribution < -0.4 is 0 Å². The van der Waals surface area contributed by atoms with E-state index >= 15 is 0 Å². The van der Waals surface area contributed by atoms with Gasteiger partial charge in [0.15, 0.2) is 9.84 Å². The van der Waals surface area contributed by atoms with E-state index in [9.17, 15) is 8.42 Å². The zero-order valence-corrected chi connectivity index (χ0v) is 12.6. The minimum absolute atomic E-state index is 0.0905. The number of aromatic nitrogens is 2. The molecule has 0 bridgehead atoms. The normalized spacial score (nSPS) is 22.7. The van der Waals surface area contributed by atoms with Crippen molar-refractivity contribution in [1.82, 2.24) is 14.5 Å². The fourth-order valence-corrected chi connectivity index (χ4v) is 4.60. The highest BCUT2D eigenvalue weighted by molar-refractivity contribution is 7.91. The Morgan fingerprint density at radius 2 is 2.33 bits per heavy atom. The molecule has 1 aliphatic rings. The van der Waals surface area contributed by atoms with Crippen LogP contribution in [-0.4, -0.2) is 47.0 Å². The topological polar surface area (TPSA) is 63.2 Å². The standard InChI is InChI=1S/C10H16ClN3O2S2/c1-2-4-14(6-9-10(11)17-13-12-9)8-3-5-18(15,16)7-8/h8H,2-7H2,1H3/t8-/m0/s1. The van der Waals surface area contributed by atoms with Crippen molar-refractivity contribution in [2.75, 3.05) is 18.1 Å². The first-order valence-electron chi connectivity index (χ1n) is 5.93. The number of nitrogens with zero attached hydrogens (tertiary/aromatic N) is 3. The van der Waals surface area contributed by atoms with Crippen molar-refractivity contribution in [2.24, 2.45) is 0 Å². The summed E-state index contributed by atoms with van der Waals surface area (Å²) >= 11 is 7.16. The van der Waals surface area contributed by atoms with Crippen LogP contribution in [0, 0.1) is 0 Å². The smallest absolute Gasteiger partial charge is 0.151 e. The zero-order valence-electron chi connectivity index (χ0n) is 10.2. The molecule has 0 saturated carbocycles. The lowest BCUT2D eigenvalue weighted by Crippen LogP contribution is -2.36. The van der Waals surface area contributed by atoms with Crippen LogP contribution in [0.15, 0.2) is 0 Å². The third kappa shape index (κ3) is 3.40. The predicted molar refractivity (Wildman–Crippen MR) is 72.7 cm³/mol. The molecule has 0 aromatic carbocycles. The van der Waals surface area contributed by atoms with E-state index < -0.39 is 9.84 Å². The Morgan fingerprint density at radius 3 is 2.83 bits per heavy atom. The molecule has 1 aromatic rings. The van der Waals surface area contributed by atoms with Crippen molar-refractivity contribution in [1.29, 1.82) is 0 Å². The van der Waals surface area contributed by atoms with E-state index in [1.807, 2.05) is 0 Å². The molecular formula is C10H16ClN3O2S2. The van der Waals surface area contributed by atoms with Gasteiger partial charge in [0, 0.05) is 24.1 Å². The minimum atomic E-state index is -2.86. The molecule has 0 radical (unpaired) electrons. The van der Waals surface area contributed by atoms with Crippen molar-refractivity contribution < 1.29 is 8.42 Å². The first kappa shape index (κ1) is 14.2. The van der Waals surface area contributed by atoms with Gasteiger partial charge < -0.3 is 0 Å². The first-order chi connectivity index (χ1) is 8.52. The minimum Gasteiger partial charge on any atom is -0.293 e. The van der Waals surface area contributed by atoms with Crippen LogP contribution in [0.1, 0.15) is 25.5 Å². The van der Waals surface area contributed by atoms with Crippen molar-refractivity contribution in [3.8, 4) is 0 Å². The quantitative estimate of drug-likeness (QED) is 0.826. The van der Waals surface area contributed by atoms with Crippen LogP contribution in [0.4, 0.5) is 0 Å². The van der Waals surface area contributed by atoms with Crippen LogP contribution in [0.25, 0.3) is 0 Å². The molecule has 1 fully saturated rings. The number of hydrogen-bond donors (Lipinski definition) is 0. The summed E-state index contributed by atoms with van der Waals surface area (Å²) in [7, 11) is -2.86. The van der Waals surface area contributed by atoms with E-state index in [0.717, 1.165) is 18.7 Å². The highest BCUT2D eigenvalue weighted by atomic mass is 35.5. The van der Waals surface area contributed by atoms with Crippen LogP contribution >= 0.6 is 23.1 Å². The van der Waals surface area contributed by atoms with Gasteiger partial charge in [0.2, 0.25) is 0 Å². The first-order valence-corrected chi connectivity index (χ1v) is 8.90. The monoisotopic (exact) mass is 309 g/mol. The Morgan fingerprint density at radius 1 is 1.56 bits per heavy atom. The zero-order chi connectivity index (χ0) is 13.2. The van der Waals surface area contributed by atoms with Gasteiger partial charge in [0.1, 0.15) is 10.0 Å². The molecule has 1 atom stereocenters. The summed E-state index contributed by atoms with van der Waals surface area (Å²) in [6.45, 7) is 3.52. The molecule has 5 nitrogen and oxygen atoms in total. The van der Waals surface area contributed by atoms with Gasteiger partial charge in [-0.05, 0) is 19.4 Å². The van der Waals surface area contributed by atoms with Crippen LogP contribution in [0.3, 0.4) is 0 Å². The van der Waals surface area contributed by atoms with Crippen LogP contribution in [-0.2, 0) is 16.4 Å². The molecule has 0 amide bonds. The maximum Gasteiger partial charge on any atom is 0.151 e. The van der Waals surface area contributed by atoms with E-state index in [2.05, 4.69) is 21.4 Å². The summed E-state index contributed by atoms with van der Waals surface area (Å²) in [4.78, 5) is 2.16. The van der Waals surface area contributed by atoms with E-state index in [4.69, 9.17) is 11.6 Å². The van der Waals surface area contributed by atoms with E-state index in [1.165, 1.54) is 11.5 Å². The molecular weight excluding hydrogens is 294 g/mol. The van der Waals surface area contributed by atoms with E-state index in [0.29, 0.717) is 23.1 Å². The van der Waals surface area contributed by atoms with Gasteiger partial charge >= 0.3 is 0 Å². The molecule has 1 saturated heterocycles. The number of halogens is 1. The SMILES string of the molecule is CCCN(Cc1nnsc1Cl)[C@H]1CCS(=O)(=O)C1. The molecule has 0 unspecified atom stereocenters. The Labute approximate surface area is 116 Å². The second-order valence-electron chi connectivity index (χ2n) is 4.52. The summed E-state index contributed by atoms with van der Waals surface area (Å²) in [6.07, 6.45) is 1.68. The summed E-state index contributed by atoms with van der Waals surface area (Å²) in [6, 6.07) is 0.0905. The van der Waals surface area contributed by atoms with Gasteiger partial charge in [-0.2, -0.15) is 0 Å². The summed E-state index contributed by atoms with van der Waals surface area (Å²) in [5.41, 5.74) is 0.749. The average Bonchev–Trinajstić information content (AvgIpc) is 2.85. The number of rotatable bonds is 5. The molecule has 102 valence electrons. The molecule has 1 aromatic heterocycles. The van der Waals surface area contributed by atoms with Gasteiger partial charge in [-0.25, -0.2) is 8.42 Å². The van der Waals surface area contributed by atoms with Crippen molar-refractivity contribution in [3.05, 3.63) is 10.0 Å². The van der Waals surface area contributed by atoms with Gasteiger partial charge in [-0.3, -0.25) is 4.90 Å². The lowest BCUT2D eigenvalue weighted by Gasteiger charge is -2.26. The molecule has 1 aliphatic heterocycles. The lowest BCUT2D eigenvalue weighted by atomic mass is 10.2. The second kappa shape index (κ2) is 5.81. The van der Waals surface area contributed by atoms with Crippen LogP contribution in [0.5, 0.6) is 0 Å². The van der Waals surface area contributed by atoms with Crippen molar-refractivity contribution >= 4 is 33.0 Å². The fraction of sp³-hybridized carbons (Fsp3) is 0.800. The molecule has 0 aliphatic carbocycles. The largest absolute Gasteiger partial charge is 0.293 e. The molecule has 0 N–H and O–H groups in total. The summed E-state index contributed by atoms with van der Waals surface area (Å²) in [5, 5.41) is 3.99. The third-order valence-corrected chi connectivity index (χ3v) is 5.83. The fourth-order valence-electron chi connectivity index (χ4n) is 2.22. The van der Waals surface area contributed by atoms with Gasteiger partial charge in [0.05, 0.1) is 11.5 Å². The lowest BCUT2D eigenvalue weighted by molar-refractivity contribution is 0.201. The van der Waals surface area contributed by atoms with E-state index in [1.54, 1.807) is 0 Å². The average molecular weight is 310 g/mol. The van der Waals surface area contributed by atoms with E-state index in [-0.39, 0.29) is 11.8 Å². The van der Waals surface area contributed by atoms with Gasteiger partial charge in [-0.15, -0.1) is 5.10 Å². The molecule has 2 rings (SSSR count). The highest BCUT2D eigenvalue weighted by Crippen LogP contribution is 2.23. The summed E-state index contributed by atoms with van der Waals surface area (Å²) in [5.74, 6) is 0.545. The highest BCUT2D eigenvalue weighted by Gasteiger charge is 2.32. The Bertz CT molecular complexity index is 503. The Kier molecular flexibility index (Phi) is 4.58. The number of sulfone groups is 1. The summed E-state index contributed by atoms with van der Waals surface area (Å²) < 4.78 is 27.5. The Balaban J connectivity index is 2.07. The van der Waals surface area contributed by atoms with Crippen LogP contribution in [0.2, 0.25) is 4.34 Å². The molecule has 0 spiro atoms. The third-order valence-electron chi connectivity index (χ3n) is 3.10. The molecule has 18 heavy (non-hydrogen) atoms. The van der Waals surface area contributed by atoms with Crippen molar-refractivity contribution in [2.45, 2.75) is 32.4 Å². The van der Waals surface area contributed by atoms with Gasteiger partial charge in [0.25, 0.3) is 0 Å². The molecule has 2 heterocycles. The second-order valence-corrected chi connectivity index (χ2v) is 8.11. The van der Waals surface area contributed by atoms with Gasteiger partial charge in [-0.1, -0.05) is 23.0 Å². The molecule has 8 heteroatoms.